The van der Waals surface area contributed by atoms with Crippen LogP contribution in [0.1, 0.15) is 228 Å². The first kappa shape index (κ1) is 46.1. The summed E-state index contributed by atoms with van der Waals surface area (Å²) in [5, 5.41) is 0. The Morgan fingerprint density at radius 1 is 0.214 bits per heavy atom. The molecular weight excluding hydrogens is 673 g/mol. The van der Waals surface area contributed by atoms with Crippen LogP contribution in [0.5, 0.6) is 0 Å². The SMILES string of the molecule is C1=CC(c2ccccc2)C=CC1CCCCCCCCCCCCCCCCCCCCCCCCCCCCCCCCC1C=CC(c2ccccc2)C=C1. The third-order valence-corrected chi connectivity index (χ3v) is 13.0. The first-order valence-corrected chi connectivity index (χ1v) is 24.7. The number of rotatable bonds is 35. The first-order chi connectivity index (χ1) is 27.9. The number of unbranched alkanes of at least 4 members (excludes halogenated alkanes) is 29. The third kappa shape index (κ3) is 22.4. The van der Waals surface area contributed by atoms with Crippen molar-refractivity contribution in [2.75, 3.05) is 0 Å². The molecule has 0 amide bonds. The van der Waals surface area contributed by atoms with Crippen molar-refractivity contribution in [1.82, 2.24) is 0 Å². The van der Waals surface area contributed by atoms with Gasteiger partial charge in [0, 0.05) is 11.8 Å². The second kappa shape index (κ2) is 32.4. The zero-order valence-corrected chi connectivity index (χ0v) is 36.3. The topological polar surface area (TPSA) is 0 Å². The third-order valence-electron chi connectivity index (χ3n) is 13.0. The van der Waals surface area contributed by atoms with E-state index in [2.05, 4.69) is 109 Å². The minimum Gasteiger partial charge on any atom is -0.0807 e. The van der Waals surface area contributed by atoms with Gasteiger partial charge in [-0.3, -0.25) is 0 Å². The maximum atomic E-state index is 2.45. The van der Waals surface area contributed by atoms with E-state index in [9.17, 15) is 0 Å². The lowest BCUT2D eigenvalue weighted by molar-refractivity contribution is 0.509. The van der Waals surface area contributed by atoms with Gasteiger partial charge in [-0.15, -0.1) is 0 Å². The van der Waals surface area contributed by atoms with Crippen LogP contribution in [0.3, 0.4) is 0 Å². The number of hydrogen-bond donors (Lipinski definition) is 0. The highest BCUT2D eigenvalue weighted by molar-refractivity contribution is 5.33. The summed E-state index contributed by atoms with van der Waals surface area (Å²) in [5.74, 6) is 2.26. The molecule has 0 aromatic heterocycles. The van der Waals surface area contributed by atoms with E-state index in [4.69, 9.17) is 0 Å². The van der Waals surface area contributed by atoms with Crippen molar-refractivity contribution in [3.8, 4) is 0 Å². The summed E-state index contributed by atoms with van der Waals surface area (Å²) in [6.45, 7) is 0. The Hall–Kier alpha value is -2.60. The summed E-state index contributed by atoms with van der Waals surface area (Å²) in [7, 11) is 0. The molecule has 0 radical (unpaired) electrons. The monoisotopic (exact) mass is 759 g/mol. The van der Waals surface area contributed by atoms with Gasteiger partial charge in [0.2, 0.25) is 0 Å². The smallest absolute Gasteiger partial charge is 0.0199 e. The molecule has 0 heterocycles. The van der Waals surface area contributed by atoms with Crippen molar-refractivity contribution in [3.63, 3.8) is 0 Å². The lowest BCUT2D eigenvalue weighted by Gasteiger charge is -2.17. The molecule has 0 atom stereocenters. The molecule has 0 nitrogen and oxygen atoms in total. The van der Waals surface area contributed by atoms with Gasteiger partial charge in [-0.1, -0.05) is 302 Å². The largest absolute Gasteiger partial charge is 0.0807 e. The maximum Gasteiger partial charge on any atom is 0.0199 e. The van der Waals surface area contributed by atoms with E-state index >= 15 is 0 Å². The number of hydrogen-bond acceptors (Lipinski definition) is 0. The zero-order valence-electron chi connectivity index (χ0n) is 36.3. The van der Waals surface area contributed by atoms with Crippen LogP contribution in [0.25, 0.3) is 0 Å². The summed E-state index contributed by atoms with van der Waals surface area (Å²) in [6, 6.07) is 21.8. The summed E-state index contributed by atoms with van der Waals surface area (Å²) in [4.78, 5) is 0. The van der Waals surface area contributed by atoms with Crippen molar-refractivity contribution < 1.29 is 0 Å². The van der Waals surface area contributed by atoms with Gasteiger partial charge in [0.25, 0.3) is 0 Å². The van der Waals surface area contributed by atoms with E-state index in [1.54, 1.807) is 0 Å². The predicted octanol–water partition coefficient (Wildman–Crippen LogP) is 18.5. The maximum absolute atomic E-state index is 2.45. The lowest BCUT2D eigenvalue weighted by atomic mass is 9.88. The molecule has 2 aliphatic carbocycles. The molecule has 0 saturated carbocycles. The molecule has 2 aliphatic rings. The highest BCUT2D eigenvalue weighted by Crippen LogP contribution is 2.28. The van der Waals surface area contributed by atoms with E-state index in [-0.39, 0.29) is 0 Å². The Kier molecular flexibility index (Phi) is 26.6. The minimum atomic E-state index is 0.474. The van der Waals surface area contributed by atoms with E-state index in [0.717, 1.165) is 0 Å². The second-order valence-electron chi connectivity index (χ2n) is 17.9. The van der Waals surface area contributed by atoms with E-state index < -0.39 is 0 Å². The highest BCUT2D eigenvalue weighted by Gasteiger charge is 2.12. The van der Waals surface area contributed by atoms with E-state index in [1.807, 2.05) is 0 Å². The fourth-order valence-electron chi connectivity index (χ4n) is 9.20. The van der Waals surface area contributed by atoms with Crippen molar-refractivity contribution in [2.24, 2.45) is 11.8 Å². The summed E-state index contributed by atoms with van der Waals surface area (Å²) < 4.78 is 0. The quantitative estimate of drug-likeness (QED) is 0.0485. The molecule has 0 N–H and O–H groups in total. The van der Waals surface area contributed by atoms with Crippen LogP contribution in [0.4, 0.5) is 0 Å². The molecule has 0 saturated heterocycles. The summed E-state index contributed by atoms with van der Waals surface area (Å²) in [5.41, 5.74) is 2.82. The van der Waals surface area contributed by atoms with Crippen LogP contribution in [0.2, 0.25) is 0 Å². The van der Waals surface area contributed by atoms with Crippen molar-refractivity contribution in [1.29, 1.82) is 0 Å². The van der Waals surface area contributed by atoms with Crippen LogP contribution < -0.4 is 0 Å². The highest BCUT2D eigenvalue weighted by atomic mass is 14.2. The van der Waals surface area contributed by atoms with E-state index in [1.165, 1.54) is 217 Å². The molecule has 0 unspecified atom stereocenters. The van der Waals surface area contributed by atoms with Gasteiger partial charge in [0.1, 0.15) is 0 Å². The van der Waals surface area contributed by atoms with Crippen LogP contribution >= 0.6 is 0 Å². The molecule has 0 aliphatic heterocycles. The van der Waals surface area contributed by atoms with Crippen molar-refractivity contribution in [2.45, 2.75) is 217 Å². The Labute approximate surface area is 348 Å². The van der Waals surface area contributed by atoms with E-state index in [0.29, 0.717) is 23.7 Å². The Balaban J connectivity index is 0.762. The van der Waals surface area contributed by atoms with Crippen LogP contribution in [-0.4, -0.2) is 0 Å². The predicted molar refractivity (Wildman–Crippen MR) is 250 cm³/mol. The van der Waals surface area contributed by atoms with Gasteiger partial charge in [-0.05, 0) is 35.8 Å². The molecular formula is C56H86. The molecule has 2 aromatic rings. The fraction of sp³-hybridized carbons (Fsp3) is 0.643. The van der Waals surface area contributed by atoms with Crippen molar-refractivity contribution >= 4 is 0 Å². The van der Waals surface area contributed by atoms with Crippen LogP contribution in [0.15, 0.2) is 109 Å². The van der Waals surface area contributed by atoms with Gasteiger partial charge < -0.3 is 0 Å². The molecule has 0 bridgehead atoms. The Morgan fingerprint density at radius 2 is 0.411 bits per heavy atom. The summed E-state index contributed by atoms with van der Waals surface area (Å²) in [6.07, 6.45) is 65.8. The normalized spacial score (nSPS) is 18.9. The average molecular weight is 759 g/mol. The lowest BCUT2D eigenvalue weighted by Crippen LogP contribution is -2.01. The number of benzene rings is 2. The molecule has 0 heteroatoms. The van der Waals surface area contributed by atoms with Gasteiger partial charge in [0.05, 0.1) is 0 Å². The van der Waals surface area contributed by atoms with Crippen LogP contribution in [-0.2, 0) is 0 Å². The number of allylic oxidation sites excluding steroid dienone is 8. The molecule has 2 aromatic carbocycles. The zero-order chi connectivity index (χ0) is 38.8. The Morgan fingerprint density at radius 3 is 0.625 bits per heavy atom. The molecule has 56 heavy (non-hydrogen) atoms. The second-order valence-corrected chi connectivity index (χ2v) is 17.9. The fourth-order valence-corrected chi connectivity index (χ4v) is 9.20. The van der Waals surface area contributed by atoms with Gasteiger partial charge in [-0.2, -0.15) is 0 Å². The summed E-state index contributed by atoms with van der Waals surface area (Å²) >= 11 is 0. The van der Waals surface area contributed by atoms with Crippen LogP contribution in [0, 0.1) is 11.8 Å². The first-order valence-electron chi connectivity index (χ1n) is 24.7. The van der Waals surface area contributed by atoms with Gasteiger partial charge >= 0.3 is 0 Å². The van der Waals surface area contributed by atoms with Crippen molar-refractivity contribution in [3.05, 3.63) is 120 Å². The average Bonchev–Trinajstić information content (AvgIpc) is 3.25. The molecule has 0 spiro atoms. The molecule has 0 fully saturated rings. The van der Waals surface area contributed by atoms with Gasteiger partial charge in [-0.25, -0.2) is 0 Å². The Bertz CT molecular complexity index is 1150. The minimum absolute atomic E-state index is 0.474. The molecule has 4 rings (SSSR count). The molecule has 310 valence electrons. The van der Waals surface area contributed by atoms with Gasteiger partial charge in [0.15, 0.2) is 0 Å². The standard InChI is InChI=1S/C56H86/c1(3-5-7-9-11-13-15-17-19-21-23-25-27-31-37-51-43-47-55(48-44-51)53-39-33-29-34-40-53)2-4-6-8-10-12-14-16-18-20-22-24-26-28-32-38-52-45-49-56(50-46-52)54-41-35-30-36-42-54/h29-30,33-36,39-52,55-56H,1-28,31-32,37-38H2.